The zero-order valence-corrected chi connectivity index (χ0v) is 12.6. The highest BCUT2D eigenvalue weighted by atomic mass is 16.5. The molecule has 0 aliphatic rings. The molecule has 1 N–H and O–H groups in total. The number of nitrogens with one attached hydrogen (secondary N) is 1. The normalized spacial score (nSPS) is 11.8. The zero-order chi connectivity index (χ0) is 15.2. The average molecular weight is 284 g/mol. The summed E-state index contributed by atoms with van der Waals surface area (Å²) in [7, 11) is 0. The Kier molecular flexibility index (Phi) is 4.87. The number of aryl methyl sites for hydroxylation is 1. The van der Waals surface area contributed by atoms with Crippen molar-refractivity contribution in [2.24, 2.45) is 0 Å². The number of hydrogen-bond donors (Lipinski definition) is 1. The molecule has 0 spiro atoms. The smallest absolute Gasteiger partial charge is 0.223 e. The molecule has 2 aromatic heterocycles. The van der Waals surface area contributed by atoms with Crippen molar-refractivity contribution in [2.75, 3.05) is 11.9 Å². The molecule has 0 radical (unpaired) electrons. The van der Waals surface area contributed by atoms with Gasteiger partial charge in [-0.25, -0.2) is 9.97 Å². The summed E-state index contributed by atoms with van der Waals surface area (Å²) in [6.07, 6.45) is 5.26. The van der Waals surface area contributed by atoms with Gasteiger partial charge in [0.15, 0.2) is 0 Å². The molecule has 0 aromatic carbocycles. The Bertz CT molecular complexity index is 593. The largest absolute Gasteiger partial charge is 0.494 e. The van der Waals surface area contributed by atoms with Gasteiger partial charge in [-0.2, -0.15) is 0 Å². The first-order chi connectivity index (χ1) is 10.1. The number of anilines is 1. The van der Waals surface area contributed by atoms with Gasteiger partial charge in [-0.3, -0.25) is 4.98 Å². The molecule has 0 amide bonds. The van der Waals surface area contributed by atoms with Crippen LogP contribution in [-0.4, -0.2) is 21.6 Å². The van der Waals surface area contributed by atoms with Crippen molar-refractivity contribution in [3.8, 4) is 0 Å². The van der Waals surface area contributed by atoms with Gasteiger partial charge < -0.3 is 10.1 Å². The second-order valence-corrected chi connectivity index (χ2v) is 4.75. The molecule has 0 bridgehead atoms. The van der Waals surface area contributed by atoms with Crippen LogP contribution >= 0.6 is 0 Å². The van der Waals surface area contributed by atoms with Crippen molar-refractivity contribution in [1.82, 2.24) is 15.0 Å². The van der Waals surface area contributed by atoms with Crippen molar-refractivity contribution in [1.29, 1.82) is 0 Å². The van der Waals surface area contributed by atoms with E-state index in [2.05, 4.69) is 26.8 Å². The Morgan fingerprint density at radius 1 is 1.24 bits per heavy atom. The maximum absolute atomic E-state index is 5.33. The van der Waals surface area contributed by atoms with Crippen LogP contribution in [-0.2, 0) is 4.74 Å². The fourth-order valence-corrected chi connectivity index (χ4v) is 1.82. The molecule has 0 saturated heterocycles. The van der Waals surface area contributed by atoms with E-state index in [-0.39, 0.29) is 6.04 Å². The van der Waals surface area contributed by atoms with Gasteiger partial charge in [0, 0.05) is 24.3 Å². The Labute approximate surface area is 125 Å². The van der Waals surface area contributed by atoms with Crippen LogP contribution < -0.4 is 5.32 Å². The van der Waals surface area contributed by atoms with Crippen LogP contribution in [0.4, 0.5) is 5.95 Å². The van der Waals surface area contributed by atoms with E-state index in [0.29, 0.717) is 18.3 Å². The second kappa shape index (κ2) is 6.83. The van der Waals surface area contributed by atoms with Gasteiger partial charge in [0.25, 0.3) is 0 Å². The number of pyridine rings is 1. The summed E-state index contributed by atoms with van der Waals surface area (Å²) in [5.41, 5.74) is 2.88. The first kappa shape index (κ1) is 15.0. The van der Waals surface area contributed by atoms with Crippen molar-refractivity contribution in [2.45, 2.75) is 26.8 Å². The quantitative estimate of drug-likeness (QED) is 0.824. The van der Waals surface area contributed by atoms with Crippen LogP contribution in [0.5, 0.6) is 0 Å². The lowest BCUT2D eigenvalue weighted by Gasteiger charge is -2.14. The van der Waals surface area contributed by atoms with Gasteiger partial charge in [-0.15, -0.1) is 0 Å². The Morgan fingerprint density at radius 2 is 1.95 bits per heavy atom. The van der Waals surface area contributed by atoms with E-state index < -0.39 is 0 Å². The molecule has 2 rings (SSSR count). The third-order valence-corrected chi connectivity index (χ3v) is 3.07. The minimum atomic E-state index is 0.0824. The molecule has 2 aromatic rings. The summed E-state index contributed by atoms with van der Waals surface area (Å²) in [6, 6.07) is 4.12. The first-order valence-corrected chi connectivity index (χ1v) is 6.93. The Hall–Kier alpha value is -2.43. The topological polar surface area (TPSA) is 59.9 Å². The monoisotopic (exact) mass is 284 g/mol. The SMILES string of the molecule is C=C(OCC)c1cnc(N[C@H](C)c2ccc(C)nc2)nc1. The minimum Gasteiger partial charge on any atom is -0.494 e. The average Bonchev–Trinajstić information content (AvgIpc) is 2.49. The molecule has 0 aliphatic carbocycles. The summed E-state index contributed by atoms with van der Waals surface area (Å²) in [6.45, 7) is 10.3. The molecule has 0 saturated carbocycles. The molecule has 21 heavy (non-hydrogen) atoms. The van der Waals surface area contributed by atoms with Crippen LogP contribution in [0.15, 0.2) is 37.3 Å². The molecule has 5 nitrogen and oxygen atoms in total. The first-order valence-electron chi connectivity index (χ1n) is 6.93. The number of nitrogens with zero attached hydrogens (tertiary/aromatic N) is 3. The summed E-state index contributed by atoms with van der Waals surface area (Å²) in [5, 5.41) is 3.24. The lowest BCUT2D eigenvalue weighted by Crippen LogP contribution is -2.10. The molecule has 2 heterocycles. The lowest BCUT2D eigenvalue weighted by molar-refractivity contribution is 0.299. The van der Waals surface area contributed by atoms with Gasteiger partial charge in [-0.1, -0.05) is 12.6 Å². The van der Waals surface area contributed by atoms with Crippen molar-refractivity contribution in [3.05, 3.63) is 54.1 Å². The van der Waals surface area contributed by atoms with Crippen LogP contribution in [0.3, 0.4) is 0 Å². The fraction of sp³-hybridized carbons (Fsp3) is 0.312. The molecule has 0 fully saturated rings. The van der Waals surface area contributed by atoms with Crippen molar-refractivity contribution >= 4 is 11.7 Å². The molecule has 5 heteroatoms. The number of rotatable bonds is 6. The maximum atomic E-state index is 5.33. The van der Waals surface area contributed by atoms with Gasteiger partial charge in [-0.05, 0) is 32.4 Å². The van der Waals surface area contributed by atoms with E-state index in [1.807, 2.05) is 39.1 Å². The highest BCUT2D eigenvalue weighted by Crippen LogP contribution is 2.17. The third-order valence-electron chi connectivity index (χ3n) is 3.07. The number of ether oxygens (including phenoxy) is 1. The second-order valence-electron chi connectivity index (χ2n) is 4.75. The van der Waals surface area contributed by atoms with Gasteiger partial charge >= 0.3 is 0 Å². The molecule has 110 valence electrons. The molecular formula is C16H20N4O. The van der Waals surface area contributed by atoms with E-state index in [0.717, 1.165) is 16.8 Å². The molecular weight excluding hydrogens is 264 g/mol. The van der Waals surface area contributed by atoms with Crippen LogP contribution in [0, 0.1) is 6.92 Å². The predicted molar refractivity (Wildman–Crippen MR) is 83.7 cm³/mol. The van der Waals surface area contributed by atoms with E-state index in [4.69, 9.17) is 4.74 Å². The third kappa shape index (κ3) is 4.02. The van der Waals surface area contributed by atoms with Crippen molar-refractivity contribution < 1.29 is 4.74 Å². The minimum absolute atomic E-state index is 0.0824. The molecule has 0 unspecified atom stereocenters. The standard InChI is InChI=1S/C16H20N4O/c1-5-21-13(4)15-9-18-16(19-10-15)20-12(3)14-7-6-11(2)17-8-14/h6-10,12H,4-5H2,1-3H3,(H,18,19,20)/t12-/m1/s1. The van der Waals surface area contributed by atoms with E-state index in [1.54, 1.807) is 12.4 Å². The van der Waals surface area contributed by atoms with Gasteiger partial charge in [0.05, 0.1) is 18.2 Å². The van der Waals surface area contributed by atoms with Gasteiger partial charge in [0.1, 0.15) is 5.76 Å². The van der Waals surface area contributed by atoms with E-state index >= 15 is 0 Å². The molecule has 1 atom stereocenters. The summed E-state index contributed by atoms with van der Waals surface area (Å²) < 4.78 is 5.33. The number of aromatic nitrogens is 3. The van der Waals surface area contributed by atoms with Crippen LogP contribution in [0.25, 0.3) is 5.76 Å². The van der Waals surface area contributed by atoms with Gasteiger partial charge in [0.2, 0.25) is 5.95 Å². The maximum Gasteiger partial charge on any atom is 0.223 e. The summed E-state index contributed by atoms with van der Waals surface area (Å²) in [5.74, 6) is 1.15. The van der Waals surface area contributed by atoms with Crippen molar-refractivity contribution in [3.63, 3.8) is 0 Å². The highest BCUT2D eigenvalue weighted by Gasteiger charge is 2.08. The fourth-order valence-electron chi connectivity index (χ4n) is 1.82. The van der Waals surface area contributed by atoms with E-state index in [9.17, 15) is 0 Å². The Balaban J connectivity index is 2.02. The zero-order valence-electron chi connectivity index (χ0n) is 12.6. The van der Waals surface area contributed by atoms with E-state index in [1.165, 1.54) is 0 Å². The summed E-state index contributed by atoms with van der Waals surface area (Å²) >= 11 is 0. The Morgan fingerprint density at radius 3 is 2.52 bits per heavy atom. The molecule has 0 aliphatic heterocycles. The lowest BCUT2D eigenvalue weighted by atomic mass is 10.1. The predicted octanol–water partition coefficient (Wildman–Crippen LogP) is 3.36. The summed E-state index contributed by atoms with van der Waals surface area (Å²) in [4.78, 5) is 12.9. The van der Waals surface area contributed by atoms with Crippen LogP contribution in [0.2, 0.25) is 0 Å². The van der Waals surface area contributed by atoms with Crippen LogP contribution in [0.1, 0.15) is 36.7 Å². The number of hydrogen-bond acceptors (Lipinski definition) is 5. The highest BCUT2D eigenvalue weighted by molar-refractivity contribution is 5.55.